The van der Waals surface area contributed by atoms with E-state index in [2.05, 4.69) is 5.32 Å². The van der Waals surface area contributed by atoms with E-state index >= 15 is 0 Å². The highest BCUT2D eigenvalue weighted by molar-refractivity contribution is 5.91. The number of nitrogens with two attached hydrogens (primary N) is 1. The monoisotopic (exact) mass is 284 g/mol. The van der Waals surface area contributed by atoms with Gasteiger partial charge >= 0.3 is 0 Å². The normalized spacial score (nSPS) is 25.2. The highest BCUT2D eigenvalue weighted by atomic mass is 16.5. The molecule has 0 bridgehead atoms. The molecule has 2 amide bonds. The molecule has 0 spiro atoms. The summed E-state index contributed by atoms with van der Waals surface area (Å²) in [6, 6.07) is -0.531. The van der Waals surface area contributed by atoms with E-state index in [4.69, 9.17) is 10.5 Å². The smallest absolute Gasteiger partial charge is 0.220 e. The molecule has 3 unspecified atom stereocenters. The van der Waals surface area contributed by atoms with Gasteiger partial charge in [0.25, 0.3) is 0 Å². The fourth-order valence-corrected chi connectivity index (χ4v) is 2.24. The highest BCUT2D eigenvalue weighted by Gasteiger charge is 2.35. The van der Waals surface area contributed by atoms with E-state index in [-0.39, 0.29) is 48.6 Å². The fraction of sp³-hybridized carbons (Fsp3) is 0.786. The molecule has 1 rings (SSSR count). The third-order valence-electron chi connectivity index (χ3n) is 4.01. The Labute approximate surface area is 119 Å². The van der Waals surface area contributed by atoms with Gasteiger partial charge < -0.3 is 15.8 Å². The molecule has 1 aliphatic heterocycles. The van der Waals surface area contributed by atoms with Crippen LogP contribution >= 0.6 is 0 Å². The van der Waals surface area contributed by atoms with Gasteiger partial charge in [-0.1, -0.05) is 20.8 Å². The predicted molar refractivity (Wildman–Crippen MR) is 73.7 cm³/mol. The maximum absolute atomic E-state index is 11.9. The van der Waals surface area contributed by atoms with Gasteiger partial charge in [-0.2, -0.15) is 0 Å². The van der Waals surface area contributed by atoms with Crippen molar-refractivity contribution in [1.82, 2.24) is 5.32 Å². The van der Waals surface area contributed by atoms with Crippen molar-refractivity contribution >= 4 is 17.6 Å². The van der Waals surface area contributed by atoms with Crippen molar-refractivity contribution in [3.8, 4) is 0 Å². The third kappa shape index (κ3) is 4.30. The average molecular weight is 284 g/mol. The Kier molecular flexibility index (Phi) is 6.13. The minimum atomic E-state index is -0.531. The van der Waals surface area contributed by atoms with Crippen LogP contribution in [0.2, 0.25) is 0 Å². The number of rotatable bonds is 7. The van der Waals surface area contributed by atoms with Crippen LogP contribution in [0.1, 0.15) is 40.0 Å². The van der Waals surface area contributed by atoms with Gasteiger partial charge in [0, 0.05) is 12.3 Å². The van der Waals surface area contributed by atoms with E-state index in [1.807, 2.05) is 13.8 Å². The molecule has 0 aromatic rings. The van der Waals surface area contributed by atoms with E-state index in [1.54, 1.807) is 6.92 Å². The second kappa shape index (κ2) is 7.38. The van der Waals surface area contributed by atoms with Gasteiger partial charge in [0.05, 0.1) is 6.10 Å². The highest BCUT2D eigenvalue weighted by Crippen LogP contribution is 2.17. The summed E-state index contributed by atoms with van der Waals surface area (Å²) in [6.45, 7) is 5.63. The number of amides is 2. The Bertz CT molecular complexity index is 383. The Morgan fingerprint density at radius 3 is 2.65 bits per heavy atom. The number of ketones is 1. The Morgan fingerprint density at radius 1 is 1.45 bits per heavy atom. The van der Waals surface area contributed by atoms with Crippen molar-refractivity contribution < 1.29 is 19.1 Å². The second-order valence-electron chi connectivity index (χ2n) is 5.48. The first-order valence-electron chi connectivity index (χ1n) is 7.09. The average Bonchev–Trinajstić information content (AvgIpc) is 2.75. The lowest BCUT2D eigenvalue weighted by molar-refractivity contribution is -0.127. The van der Waals surface area contributed by atoms with E-state index < -0.39 is 6.04 Å². The van der Waals surface area contributed by atoms with E-state index in [9.17, 15) is 14.4 Å². The van der Waals surface area contributed by atoms with Gasteiger partial charge in [-0.25, -0.2) is 0 Å². The molecule has 20 heavy (non-hydrogen) atoms. The number of hydrogen-bond acceptors (Lipinski definition) is 4. The van der Waals surface area contributed by atoms with Crippen LogP contribution in [0.5, 0.6) is 0 Å². The minimum Gasteiger partial charge on any atom is -0.369 e. The summed E-state index contributed by atoms with van der Waals surface area (Å²) in [5.74, 6) is -0.846. The van der Waals surface area contributed by atoms with Crippen LogP contribution in [0.3, 0.4) is 0 Å². The largest absolute Gasteiger partial charge is 0.369 e. The van der Waals surface area contributed by atoms with Crippen molar-refractivity contribution in [2.24, 2.45) is 17.6 Å². The number of primary amides is 1. The lowest BCUT2D eigenvalue weighted by Crippen LogP contribution is -2.44. The molecular formula is C14H24N2O4. The number of nitrogens with one attached hydrogen (secondary N) is 1. The fourth-order valence-electron chi connectivity index (χ4n) is 2.24. The molecule has 114 valence electrons. The molecule has 4 atom stereocenters. The van der Waals surface area contributed by atoms with Gasteiger partial charge in [0.15, 0.2) is 5.78 Å². The molecule has 1 aliphatic rings. The van der Waals surface area contributed by atoms with Gasteiger partial charge in [-0.3, -0.25) is 14.4 Å². The predicted octanol–water partition coefficient (Wildman–Crippen LogP) is 0.387. The van der Waals surface area contributed by atoms with E-state index in [0.29, 0.717) is 12.8 Å². The zero-order chi connectivity index (χ0) is 15.3. The van der Waals surface area contributed by atoms with Crippen LogP contribution in [0, 0.1) is 11.8 Å². The molecule has 1 heterocycles. The van der Waals surface area contributed by atoms with Crippen LogP contribution in [-0.2, 0) is 19.1 Å². The van der Waals surface area contributed by atoms with Crippen LogP contribution in [-0.4, -0.2) is 36.4 Å². The second-order valence-corrected chi connectivity index (χ2v) is 5.48. The molecule has 0 aromatic heterocycles. The molecule has 1 saturated heterocycles. The summed E-state index contributed by atoms with van der Waals surface area (Å²) < 4.78 is 5.30. The Balaban J connectivity index is 2.40. The summed E-state index contributed by atoms with van der Waals surface area (Å²) >= 11 is 0. The number of hydrogen-bond donors (Lipinski definition) is 2. The molecule has 1 fully saturated rings. The molecule has 0 radical (unpaired) electrons. The van der Waals surface area contributed by atoms with Crippen molar-refractivity contribution in [2.45, 2.75) is 52.2 Å². The SMILES string of the molecule is CC[C@@H]1OCC(=O)C1NC(=O)CCC(C)C(C)C(N)=O. The first kappa shape index (κ1) is 16.6. The zero-order valence-corrected chi connectivity index (χ0v) is 12.3. The summed E-state index contributed by atoms with van der Waals surface area (Å²) in [7, 11) is 0. The van der Waals surface area contributed by atoms with Crippen LogP contribution < -0.4 is 11.1 Å². The summed E-state index contributed by atoms with van der Waals surface area (Å²) in [6.07, 6.45) is 1.30. The molecule has 0 aliphatic carbocycles. The first-order chi connectivity index (χ1) is 9.36. The number of ether oxygens (including phenoxy) is 1. The van der Waals surface area contributed by atoms with Crippen molar-refractivity contribution in [3.63, 3.8) is 0 Å². The Hall–Kier alpha value is -1.43. The molecule has 6 nitrogen and oxygen atoms in total. The number of Topliss-reactive ketones (excluding diaryl/α,β-unsaturated/α-hetero) is 1. The standard InChI is InChI=1S/C14H24N2O4/c1-4-11-13(10(17)7-20-11)16-12(18)6-5-8(2)9(3)14(15)19/h8-9,11,13H,4-7H2,1-3H3,(H2,15,19)(H,16,18)/t8?,9?,11-,13?/m0/s1. The maximum Gasteiger partial charge on any atom is 0.220 e. The minimum absolute atomic E-state index is 0.0377. The summed E-state index contributed by atoms with van der Waals surface area (Å²) in [4.78, 5) is 34.5. The molecule has 0 saturated carbocycles. The van der Waals surface area contributed by atoms with Crippen LogP contribution in [0.25, 0.3) is 0 Å². The molecule has 3 N–H and O–H groups in total. The van der Waals surface area contributed by atoms with Crippen LogP contribution in [0.15, 0.2) is 0 Å². The van der Waals surface area contributed by atoms with Gasteiger partial charge in [0.2, 0.25) is 11.8 Å². The third-order valence-corrected chi connectivity index (χ3v) is 4.01. The van der Waals surface area contributed by atoms with E-state index in [1.165, 1.54) is 0 Å². The lowest BCUT2D eigenvalue weighted by atomic mass is 9.91. The Morgan fingerprint density at radius 2 is 2.10 bits per heavy atom. The van der Waals surface area contributed by atoms with Gasteiger partial charge in [0.1, 0.15) is 12.6 Å². The molecule has 0 aromatic carbocycles. The van der Waals surface area contributed by atoms with Crippen LogP contribution in [0.4, 0.5) is 0 Å². The molecule has 6 heteroatoms. The van der Waals surface area contributed by atoms with Gasteiger partial charge in [-0.05, 0) is 18.8 Å². The lowest BCUT2D eigenvalue weighted by Gasteiger charge is -2.19. The number of carbonyl (C=O) groups excluding carboxylic acids is 3. The first-order valence-corrected chi connectivity index (χ1v) is 7.09. The molecular weight excluding hydrogens is 260 g/mol. The zero-order valence-electron chi connectivity index (χ0n) is 12.3. The maximum atomic E-state index is 11.9. The quantitative estimate of drug-likeness (QED) is 0.706. The van der Waals surface area contributed by atoms with Crippen molar-refractivity contribution in [1.29, 1.82) is 0 Å². The van der Waals surface area contributed by atoms with Crippen molar-refractivity contribution in [2.75, 3.05) is 6.61 Å². The summed E-state index contributed by atoms with van der Waals surface area (Å²) in [5.41, 5.74) is 5.23. The van der Waals surface area contributed by atoms with Gasteiger partial charge in [-0.15, -0.1) is 0 Å². The van der Waals surface area contributed by atoms with E-state index in [0.717, 1.165) is 0 Å². The topological polar surface area (TPSA) is 98.5 Å². The number of carbonyl (C=O) groups is 3. The van der Waals surface area contributed by atoms with Crippen molar-refractivity contribution in [3.05, 3.63) is 0 Å². The summed E-state index contributed by atoms with van der Waals surface area (Å²) in [5, 5.41) is 2.72.